The first-order chi connectivity index (χ1) is 8.56. The third-order valence-corrected chi connectivity index (χ3v) is 2.59. The van der Waals surface area contributed by atoms with E-state index in [0.717, 1.165) is 11.4 Å². The molecule has 2 aromatic rings. The second-order valence-electron chi connectivity index (χ2n) is 3.86. The Morgan fingerprint density at radius 3 is 2.56 bits per heavy atom. The first kappa shape index (κ1) is 12.5. The Balaban J connectivity index is 2.06. The lowest BCUT2D eigenvalue weighted by molar-refractivity contribution is 0.632. The summed E-state index contributed by atoms with van der Waals surface area (Å²) in [6, 6.07) is 6.37. The number of rotatable bonds is 2. The quantitative estimate of drug-likeness (QED) is 0.818. The highest BCUT2D eigenvalue weighted by molar-refractivity contribution is 7.80. The van der Waals surface area contributed by atoms with Crippen LogP contribution in [0.2, 0.25) is 0 Å². The summed E-state index contributed by atoms with van der Waals surface area (Å²) in [5, 5.41) is 10.3. The molecule has 0 bridgehead atoms. The van der Waals surface area contributed by atoms with E-state index >= 15 is 0 Å². The average Bonchev–Trinajstić information content (AvgIpc) is 2.61. The van der Waals surface area contributed by atoms with E-state index in [1.54, 1.807) is 22.9 Å². The van der Waals surface area contributed by atoms with Crippen LogP contribution in [0.15, 0.2) is 30.5 Å². The van der Waals surface area contributed by atoms with Crippen LogP contribution >= 0.6 is 12.2 Å². The van der Waals surface area contributed by atoms with Gasteiger partial charge in [0, 0.05) is 13.2 Å². The molecule has 18 heavy (non-hydrogen) atoms. The molecule has 0 aliphatic heterocycles. The number of aromatic nitrogens is 2. The highest BCUT2D eigenvalue weighted by Crippen LogP contribution is 2.15. The third-order valence-electron chi connectivity index (χ3n) is 2.38. The summed E-state index contributed by atoms with van der Waals surface area (Å²) >= 11 is 5.12. The molecule has 1 aromatic carbocycles. The molecule has 0 unspecified atom stereocenters. The lowest BCUT2D eigenvalue weighted by atomic mass is 10.3. The highest BCUT2D eigenvalue weighted by atomic mass is 32.1. The van der Waals surface area contributed by atoms with Crippen molar-refractivity contribution >= 4 is 28.7 Å². The molecule has 0 atom stereocenters. The zero-order valence-electron chi connectivity index (χ0n) is 10.1. The summed E-state index contributed by atoms with van der Waals surface area (Å²) in [6.07, 6.45) is 1.81. The lowest BCUT2D eigenvalue weighted by Gasteiger charge is -2.10. The van der Waals surface area contributed by atoms with Crippen LogP contribution in [0.1, 0.15) is 5.69 Å². The van der Waals surface area contributed by atoms with Crippen LogP contribution in [0.3, 0.4) is 0 Å². The van der Waals surface area contributed by atoms with E-state index in [1.807, 2.05) is 20.2 Å². The summed E-state index contributed by atoms with van der Waals surface area (Å²) in [6.45, 7) is 1.87. The van der Waals surface area contributed by atoms with Gasteiger partial charge in [0.05, 0.1) is 17.1 Å². The van der Waals surface area contributed by atoms with E-state index in [9.17, 15) is 4.39 Å². The van der Waals surface area contributed by atoms with Gasteiger partial charge >= 0.3 is 0 Å². The molecule has 0 saturated carbocycles. The molecule has 0 aliphatic rings. The number of nitrogens with zero attached hydrogens (tertiary/aromatic N) is 2. The number of nitrogens with one attached hydrogen (secondary N) is 2. The number of benzene rings is 1. The second kappa shape index (κ2) is 5.14. The summed E-state index contributed by atoms with van der Waals surface area (Å²) in [5.74, 6) is -0.343. The van der Waals surface area contributed by atoms with Gasteiger partial charge in [0.25, 0.3) is 0 Å². The Labute approximate surface area is 110 Å². The monoisotopic (exact) mass is 264 g/mol. The number of aryl methyl sites for hydroxylation is 2. The molecule has 0 radical (unpaired) electrons. The summed E-state index contributed by atoms with van der Waals surface area (Å²) in [4.78, 5) is 0. The van der Waals surface area contributed by atoms with Crippen LogP contribution in [0.4, 0.5) is 15.8 Å². The molecule has 0 saturated heterocycles. The first-order valence-corrected chi connectivity index (χ1v) is 5.80. The summed E-state index contributed by atoms with van der Waals surface area (Å²) in [7, 11) is 1.82. The number of hydrogen-bond donors (Lipinski definition) is 2. The maximum atomic E-state index is 13.4. The maximum absolute atomic E-state index is 13.4. The van der Waals surface area contributed by atoms with E-state index in [0.29, 0.717) is 10.8 Å². The zero-order valence-corrected chi connectivity index (χ0v) is 10.9. The molecule has 0 fully saturated rings. The number of thiocarbonyl (C=S) groups is 1. The lowest BCUT2D eigenvalue weighted by Crippen LogP contribution is -2.19. The fourth-order valence-electron chi connectivity index (χ4n) is 1.56. The molecule has 4 nitrogen and oxygen atoms in total. The molecule has 0 aliphatic carbocycles. The first-order valence-electron chi connectivity index (χ1n) is 5.39. The molecule has 2 N–H and O–H groups in total. The number of halogens is 1. The van der Waals surface area contributed by atoms with E-state index in [4.69, 9.17) is 12.2 Å². The van der Waals surface area contributed by atoms with Crippen molar-refractivity contribution in [3.05, 3.63) is 42.0 Å². The van der Waals surface area contributed by atoms with Crippen molar-refractivity contribution in [3.63, 3.8) is 0 Å². The van der Waals surface area contributed by atoms with Gasteiger partial charge in [-0.3, -0.25) is 4.68 Å². The van der Waals surface area contributed by atoms with Gasteiger partial charge in [0.2, 0.25) is 0 Å². The van der Waals surface area contributed by atoms with Crippen molar-refractivity contribution in [1.29, 1.82) is 0 Å². The van der Waals surface area contributed by atoms with Gasteiger partial charge in [-0.2, -0.15) is 5.10 Å². The minimum Gasteiger partial charge on any atom is -0.330 e. The van der Waals surface area contributed by atoms with Crippen LogP contribution < -0.4 is 10.6 Å². The number of para-hydroxylation sites is 1. The standard InChI is InChI=1S/C12H13FN4S/c1-8-11(7-17(2)16-8)15-12(18)14-10-6-4-3-5-9(10)13/h3-7H,1-2H3,(H2,14,15,18). The normalized spacial score (nSPS) is 10.2. The zero-order chi connectivity index (χ0) is 13.1. The predicted octanol–water partition coefficient (Wildman–Crippen LogP) is 2.68. The van der Waals surface area contributed by atoms with E-state index < -0.39 is 0 Å². The Morgan fingerprint density at radius 1 is 1.28 bits per heavy atom. The van der Waals surface area contributed by atoms with Gasteiger partial charge < -0.3 is 10.6 Å². The molecule has 0 spiro atoms. The Morgan fingerprint density at radius 2 is 1.94 bits per heavy atom. The molecule has 1 heterocycles. The molecule has 6 heteroatoms. The smallest absolute Gasteiger partial charge is 0.175 e. The third kappa shape index (κ3) is 2.84. The molecular weight excluding hydrogens is 251 g/mol. The fourth-order valence-corrected chi connectivity index (χ4v) is 1.78. The molecule has 0 amide bonds. The van der Waals surface area contributed by atoms with Crippen molar-refractivity contribution < 1.29 is 4.39 Å². The summed E-state index contributed by atoms with van der Waals surface area (Å²) < 4.78 is 15.1. The SMILES string of the molecule is Cc1nn(C)cc1NC(=S)Nc1ccccc1F. The van der Waals surface area contributed by atoms with Crippen LogP contribution in [-0.2, 0) is 7.05 Å². The maximum Gasteiger partial charge on any atom is 0.175 e. The second-order valence-corrected chi connectivity index (χ2v) is 4.27. The predicted molar refractivity (Wildman–Crippen MR) is 74.2 cm³/mol. The van der Waals surface area contributed by atoms with Crippen molar-refractivity contribution in [2.24, 2.45) is 7.05 Å². The Bertz CT molecular complexity index is 579. The Hall–Kier alpha value is -1.95. The van der Waals surface area contributed by atoms with Crippen LogP contribution in [0.5, 0.6) is 0 Å². The molecule has 1 aromatic heterocycles. The van der Waals surface area contributed by atoms with Crippen molar-refractivity contribution in [3.8, 4) is 0 Å². The highest BCUT2D eigenvalue weighted by Gasteiger charge is 2.06. The van der Waals surface area contributed by atoms with Gasteiger partial charge in [-0.15, -0.1) is 0 Å². The van der Waals surface area contributed by atoms with Gasteiger partial charge in [0.15, 0.2) is 5.11 Å². The van der Waals surface area contributed by atoms with Crippen molar-refractivity contribution in [1.82, 2.24) is 9.78 Å². The average molecular weight is 264 g/mol. The van der Waals surface area contributed by atoms with E-state index in [2.05, 4.69) is 15.7 Å². The fraction of sp³-hybridized carbons (Fsp3) is 0.167. The molecule has 94 valence electrons. The molecular formula is C12H13FN4S. The van der Waals surface area contributed by atoms with Crippen molar-refractivity contribution in [2.45, 2.75) is 6.92 Å². The number of hydrogen-bond acceptors (Lipinski definition) is 2. The number of anilines is 2. The Kier molecular flexibility index (Phi) is 3.57. The van der Waals surface area contributed by atoms with Gasteiger partial charge in [-0.25, -0.2) is 4.39 Å². The van der Waals surface area contributed by atoms with Gasteiger partial charge in [-0.1, -0.05) is 12.1 Å². The summed E-state index contributed by atoms with van der Waals surface area (Å²) in [5.41, 5.74) is 1.97. The molecule has 2 rings (SSSR count). The van der Waals surface area contributed by atoms with Gasteiger partial charge in [-0.05, 0) is 31.3 Å². The van der Waals surface area contributed by atoms with Crippen LogP contribution in [0.25, 0.3) is 0 Å². The van der Waals surface area contributed by atoms with Crippen molar-refractivity contribution in [2.75, 3.05) is 10.6 Å². The minimum absolute atomic E-state index is 0.330. The minimum atomic E-state index is -0.343. The van der Waals surface area contributed by atoms with Crippen LogP contribution in [-0.4, -0.2) is 14.9 Å². The largest absolute Gasteiger partial charge is 0.330 e. The van der Waals surface area contributed by atoms with E-state index in [1.165, 1.54) is 6.07 Å². The van der Waals surface area contributed by atoms with Gasteiger partial charge in [0.1, 0.15) is 5.82 Å². The van der Waals surface area contributed by atoms with E-state index in [-0.39, 0.29) is 5.82 Å². The van der Waals surface area contributed by atoms with Crippen LogP contribution in [0, 0.1) is 12.7 Å². The topological polar surface area (TPSA) is 41.9 Å².